The Hall–Kier alpha value is -0.910. The lowest BCUT2D eigenvalue weighted by atomic mass is 9.86. The minimum absolute atomic E-state index is 0.0729. The molecular formula is C16H24N2O2S. The molecule has 3 rings (SSSR count). The molecule has 0 aromatic heterocycles. The van der Waals surface area contributed by atoms with Crippen molar-refractivity contribution in [2.45, 2.75) is 56.0 Å². The predicted molar refractivity (Wildman–Crippen MR) is 83.3 cm³/mol. The lowest BCUT2D eigenvalue weighted by molar-refractivity contribution is 0.260. The van der Waals surface area contributed by atoms with E-state index < -0.39 is 10.0 Å². The van der Waals surface area contributed by atoms with Gasteiger partial charge in [-0.2, -0.15) is 4.31 Å². The molecule has 0 amide bonds. The van der Waals surface area contributed by atoms with Crippen LogP contribution >= 0.6 is 0 Å². The summed E-state index contributed by atoms with van der Waals surface area (Å²) in [5.74, 6) is 0.567. The Kier molecular flexibility index (Phi) is 4.08. The van der Waals surface area contributed by atoms with Gasteiger partial charge in [-0.1, -0.05) is 25.0 Å². The highest BCUT2D eigenvalue weighted by Gasteiger charge is 2.42. The second kappa shape index (κ2) is 5.71. The molecule has 3 atom stereocenters. The molecule has 1 saturated heterocycles. The normalized spacial score (nSPS) is 28.3. The number of fused-ring (bicyclic) bond motifs is 1. The first kappa shape index (κ1) is 15.0. The van der Waals surface area contributed by atoms with Crippen molar-refractivity contribution in [1.82, 2.24) is 4.31 Å². The molecule has 1 aliphatic carbocycles. The fourth-order valence-corrected chi connectivity index (χ4v) is 5.47. The van der Waals surface area contributed by atoms with E-state index in [1.54, 1.807) is 16.4 Å². The Morgan fingerprint density at radius 2 is 1.81 bits per heavy atom. The first-order valence-corrected chi connectivity index (χ1v) is 9.31. The van der Waals surface area contributed by atoms with E-state index in [4.69, 9.17) is 5.73 Å². The zero-order valence-electron chi connectivity index (χ0n) is 12.5. The number of sulfonamides is 1. The molecule has 4 nitrogen and oxygen atoms in total. The number of rotatable bonds is 3. The van der Waals surface area contributed by atoms with Crippen LogP contribution in [-0.2, 0) is 10.0 Å². The average Bonchev–Trinajstić information content (AvgIpc) is 2.92. The largest absolute Gasteiger partial charge is 0.324 e. The fraction of sp³-hybridized carbons (Fsp3) is 0.625. The smallest absolute Gasteiger partial charge is 0.243 e. The zero-order chi connectivity index (χ0) is 15.0. The van der Waals surface area contributed by atoms with Crippen LogP contribution in [0.3, 0.4) is 0 Å². The third kappa shape index (κ3) is 2.74. The van der Waals surface area contributed by atoms with E-state index in [0.29, 0.717) is 17.4 Å². The summed E-state index contributed by atoms with van der Waals surface area (Å²) in [6.45, 7) is 2.57. The summed E-state index contributed by atoms with van der Waals surface area (Å²) in [5.41, 5.74) is 6.79. The highest BCUT2D eigenvalue weighted by Crippen LogP contribution is 2.39. The molecule has 0 radical (unpaired) electrons. The van der Waals surface area contributed by atoms with Crippen LogP contribution in [0.4, 0.5) is 0 Å². The maximum Gasteiger partial charge on any atom is 0.243 e. The molecule has 21 heavy (non-hydrogen) atoms. The van der Waals surface area contributed by atoms with Gasteiger partial charge in [0.15, 0.2) is 0 Å². The van der Waals surface area contributed by atoms with Crippen molar-refractivity contribution < 1.29 is 8.42 Å². The standard InChI is InChI=1S/C16H24N2O2S/c1-12(17)13-6-8-15(9-7-13)21(19,20)18-11-10-14-4-2-3-5-16(14)18/h6-9,12,14,16H,2-5,10-11,17H2,1H3. The highest BCUT2D eigenvalue weighted by atomic mass is 32.2. The van der Waals surface area contributed by atoms with E-state index in [1.165, 1.54) is 12.8 Å². The van der Waals surface area contributed by atoms with E-state index in [2.05, 4.69) is 0 Å². The second-order valence-electron chi connectivity index (χ2n) is 6.37. The molecular weight excluding hydrogens is 284 g/mol. The Morgan fingerprint density at radius 1 is 1.14 bits per heavy atom. The van der Waals surface area contributed by atoms with Crippen LogP contribution < -0.4 is 5.73 Å². The van der Waals surface area contributed by atoms with Gasteiger partial charge in [0.1, 0.15) is 0 Å². The molecule has 1 aliphatic heterocycles. The molecule has 0 bridgehead atoms. The van der Waals surface area contributed by atoms with Crippen LogP contribution in [0.25, 0.3) is 0 Å². The number of nitrogens with zero attached hydrogens (tertiary/aromatic N) is 1. The first-order chi connectivity index (χ1) is 10.00. The SMILES string of the molecule is CC(N)c1ccc(S(=O)(=O)N2CCC3CCCCC32)cc1. The van der Waals surface area contributed by atoms with Crippen LogP contribution in [0.15, 0.2) is 29.2 Å². The van der Waals surface area contributed by atoms with Gasteiger partial charge in [-0.3, -0.25) is 0 Å². The van der Waals surface area contributed by atoms with Crippen molar-refractivity contribution in [3.05, 3.63) is 29.8 Å². The maximum atomic E-state index is 12.9. The predicted octanol–water partition coefficient (Wildman–Crippen LogP) is 2.66. The van der Waals surface area contributed by atoms with E-state index in [-0.39, 0.29) is 12.1 Å². The third-order valence-electron chi connectivity index (χ3n) is 4.97. The van der Waals surface area contributed by atoms with E-state index >= 15 is 0 Å². The maximum absolute atomic E-state index is 12.9. The minimum Gasteiger partial charge on any atom is -0.324 e. The molecule has 1 aromatic rings. The van der Waals surface area contributed by atoms with Gasteiger partial charge in [0, 0.05) is 18.6 Å². The zero-order valence-corrected chi connectivity index (χ0v) is 13.3. The van der Waals surface area contributed by atoms with Crippen molar-refractivity contribution in [3.63, 3.8) is 0 Å². The highest BCUT2D eigenvalue weighted by molar-refractivity contribution is 7.89. The summed E-state index contributed by atoms with van der Waals surface area (Å²) >= 11 is 0. The summed E-state index contributed by atoms with van der Waals surface area (Å²) in [4.78, 5) is 0.401. The average molecular weight is 308 g/mol. The van der Waals surface area contributed by atoms with Gasteiger partial charge in [0.25, 0.3) is 0 Å². The third-order valence-corrected chi connectivity index (χ3v) is 6.91. The summed E-state index contributed by atoms with van der Waals surface area (Å²) < 4.78 is 27.5. The summed E-state index contributed by atoms with van der Waals surface area (Å²) in [5, 5.41) is 0. The molecule has 116 valence electrons. The van der Waals surface area contributed by atoms with Crippen molar-refractivity contribution in [2.24, 2.45) is 11.7 Å². The molecule has 5 heteroatoms. The van der Waals surface area contributed by atoms with Crippen LogP contribution in [0.2, 0.25) is 0 Å². The Bertz CT molecular complexity index is 595. The molecule has 1 aromatic carbocycles. The van der Waals surface area contributed by atoms with Crippen molar-refractivity contribution in [1.29, 1.82) is 0 Å². The molecule has 3 unspecified atom stereocenters. The van der Waals surface area contributed by atoms with E-state index in [1.807, 2.05) is 19.1 Å². The van der Waals surface area contributed by atoms with Gasteiger partial charge in [-0.05, 0) is 49.8 Å². The van der Waals surface area contributed by atoms with E-state index in [9.17, 15) is 8.42 Å². The monoisotopic (exact) mass is 308 g/mol. The van der Waals surface area contributed by atoms with Gasteiger partial charge in [0.05, 0.1) is 4.90 Å². The van der Waals surface area contributed by atoms with Gasteiger partial charge in [0.2, 0.25) is 10.0 Å². The van der Waals surface area contributed by atoms with Crippen molar-refractivity contribution in [3.8, 4) is 0 Å². The topological polar surface area (TPSA) is 63.4 Å². The first-order valence-electron chi connectivity index (χ1n) is 7.87. The van der Waals surface area contributed by atoms with Crippen LogP contribution in [0, 0.1) is 5.92 Å². The lowest BCUT2D eigenvalue weighted by Crippen LogP contribution is -2.39. The number of nitrogens with two attached hydrogens (primary N) is 1. The minimum atomic E-state index is -3.36. The van der Waals surface area contributed by atoms with Gasteiger partial charge >= 0.3 is 0 Å². The molecule has 0 spiro atoms. The molecule has 2 fully saturated rings. The number of benzene rings is 1. The van der Waals surface area contributed by atoms with Gasteiger partial charge in [-0.15, -0.1) is 0 Å². The second-order valence-corrected chi connectivity index (χ2v) is 8.26. The summed E-state index contributed by atoms with van der Waals surface area (Å²) in [6.07, 6.45) is 5.61. The van der Waals surface area contributed by atoms with Gasteiger partial charge < -0.3 is 5.73 Å². The summed E-state index contributed by atoms with van der Waals surface area (Å²) in [7, 11) is -3.36. The Labute approximate surface area is 127 Å². The van der Waals surface area contributed by atoms with Crippen LogP contribution in [0.5, 0.6) is 0 Å². The molecule has 1 saturated carbocycles. The van der Waals surface area contributed by atoms with E-state index in [0.717, 1.165) is 24.8 Å². The Morgan fingerprint density at radius 3 is 2.48 bits per heavy atom. The molecule has 2 N–H and O–H groups in total. The lowest BCUT2D eigenvalue weighted by Gasteiger charge is -2.31. The van der Waals surface area contributed by atoms with Crippen molar-refractivity contribution >= 4 is 10.0 Å². The fourth-order valence-electron chi connectivity index (χ4n) is 3.74. The summed E-state index contributed by atoms with van der Waals surface area (Å²) in [6, 6.07) is 7.19. The van der Waals surface area contributed by atoms with Crippen molar-refractivity contribution in [2.75, 3.05) is 6.54 Å². The quantitative estimate of drug-likeness (QED) is 0.933. The van der Waals surface area contributed by atoms with Gasteiger partial charge in [-0.25, -0.2) is 8.42 Å². The molecule has 2 aliphatic rings. The number of hydrogen-bond acceptors (Lipinski definition) is 3. The Balaban J connectivity index is 1.86. The van der Waals surface area contributed by atoms with Crippen LogP contribution in [0.1, 0.15) is 50.6 Å². The number of hydrogen-bond donors (Lipinski definition) is 1. The molecule has 1 heterocycles. The van der Waals surface area contributed by atoms with Crippen LogP contribution in [-0.4, -0.2) is 25.3 Å².